The predicted molar refractivity (Wildman–Crippen MR) is 67.9 cm³/mol. The monoisotopic (exact) mass is 275 g/mol. The standard InChI is InChI=1S/C12H13N5O3/c18-10-3-1-2-8(13-10)12-14-15-16-17(12)9(6-11(19)20)7-4-5-7/h1-3,7,9H,4-6H2,(H,13,18)(H,19,20). The summed E-state index contributed by atoms with van der Waals surface area (Å²) in [7, 11) is 0. The lowest BCUT2D eigenvalue weighted by Gasteiger charge is -2.15. The molecule has 0 saturated heterocycles. The zero-order chi connectivity index (χ0) is 14.1. The van der Waals surface area contributed by atoms with Crippen LogP contribution >= 0.6 is 0 Å². The summed E-state index contributed by atoms with van der Waals surface area (Å²) >= 11 is 0. The summed E-state index contributed by atoms with van der Waals surface area (Å²) in [5.74, 6) is -0.213. The topological polar surface area (TPSA) is 114 Å². The van der Waals surface area contributed by atoms with E-state index in [1.807, 2.05) is 0 Å². The van der Waals surface area contributed by atoms with Crippen molar-refractivity contribution >= 4 is 5.97 Å². The van der Waals surface area contributed by atoms with Crippen LogP contribution in [0, 0.1) is 5.92 Å². The number of aromatic nitrogens is 5. The van der Waals surface area contributed by atoms with Crippen molar-refractivity contribution in [2.75, 3.05) is 0 Å². The molecule has 1 aliphatic carbocycles. The molecule has 1 saturated carbocycles. The summed E-state index contributed by atoms with van der Waals surface area (Å²) in [6.45, 7) is 0. The van der Waals surface area contributed by atoms with Crippen molar-refractivity contribution in [3.63, 3.8) is 0 Å². The van der Waals surface area contributed by atoms with Crippen LogP contribution in [-0.4, -0.2) is 36.3 Å². The third-order valence-electron chi connectivity index (χ3n) is 3.37. The molecule has 3 rings (SSSR count). The average Bonchev–Trinajstić information content (AvgIpc) is 3.12. The summed E-state index contributed by atoms with van der Waals surface area (Å²) in [5, 5.41) is 20.5. The third-order valence-corrected chi connectivity index (χ3v) is 3.37. The maximum atomic E-state index is 11.4. The summed E-state index contributed by atoms with van der Waals surface area (Å²) in [6, 6.07) is 4.42. The number of aromatic amines is 1. The van der Waals surface area contributed by atoms with Crippen molar-refractivity contribution in [3.05, 3.63) is 28.6 Å². The number of aliphatic carboxylic acids is 1. The Morgan fingerprint density at radius 1 is 1.50 bits per heavy atom. The number of carboxylic acid groups (broad SMARTS) is 1. The molecule has 2 N–H and O–H groups in total. The number of nitrogens with one attached hydrogen (secondary N) is 1. The minimum absolute atomic E-state index is 0.0280. The SMILES string of the molecule is O=C(O)CC(C1CC1)n1nnnc1-c1cccc(=O)[nH]1. The Labute approximate surface area is 113 Å². The second-order valence-electron chi connectivity index (χ2n) is 4.88. The van der Waals surface area contributed by atoms with Crippen LogP contribution in [0.3, 0.4) is 0 Å². The maximum absolute atomic E-state index is 11.4. The quantitative estimate of drug-likeness (QED) is 0.819. The highest BCUT2D eigenvalue weighted by atomic mass is 16.4. The molecule has 0 radical (unpaired) electrons. The number of rotatable bonds is 5. The van der Waals surface area contributed by atoms with Gasteiger partial charge in [0.25, 0.3) is 0 Å². The molecule has 0 spiro atoms. The minimum Gasteiger partial charge on any atom is -0.481 e. The van der Waals surface area contributed by atoms with Gasteiger partial charge in [-0.25, -0.2) is 4.68 Å². The molecule has 20 heavy (non-hydrogen) atoms. The van der Waals surface area contributed by atoms with Gasteiger partial charge in [0.05, 0.1) is 18.2 Å². The van der Waals surface area contributed by atoms with Gasteiger partial charge >= 0.3 is 5.97 Å². The van der Waals surface area contributed by atoms with Crippen LogP contribution in [-0.2, 0) is 4.79 Å². The van der Waals surface area contributed by atoms with Gasteiger partial charge in [-0.3, -0.25) is 9.59 Å². The molecule has 0 bridgehead atoms. The number of tetrazole rings is 1. The highest BCUT2D eigenvalue weighted by molar-refractivity contribution is 5.67. The van der Waals surface area contributed by atoms with Crippen LogP contribution in [0.1, 0.15) is 25.3 Å². The molecule has 104 valence electrons. The van der Waals surface area contributed by atoms with Crippen molar-refractivity contribution in [1.82, 2.24) is 25.2 Å². The van der Waals surface area contributed by atoms with Crippen molar-refractivity contribution in [3.8, 4) is 11.5 Å². The van der Waals surface area contributed by atoms with Crippen molar-refractivity contribution < 1.29 is 9.90 Å². The van der Waals surface area contributed by atoms with E-state index in [-0.39, 0.29) is 23.9 Å². The Balaban J connectivity index is 2.00. The van der Waals surface area contributed by atoms with E-state index in [4.69, 9.17) is 5.11 Å². The van der Waals surface area contributed by atoms with Crippen molar-refractivity contribution in [2.45, 2.75) is 25.3 Å². The molecule has 2 heterocycles. The Bertz CT molecular complexity index is 688. The lowest BCUT2D eigenvalue weighted by molar-refractivity contribution is -0.138. The normalized spacial score (nSPS) is 16.0. The van der Waals surface area contributed by atoms with Crippen LogP contribution in [0.15, 0.2) is 23.0 Å². The molecule has 0 aromatic carbocycles. The number of hydrogen-bond acceptors (Lipinski definition) is 5. The van der Waals surface area contributed by atoms with Crippen LogP contribution in [0.25, 0.3) is 11.5 Å². The fourth-order valence-corrected chi connectivity index (χ4v) is 2.29. The van der Waals surface area contributed by atoms with Gasteiger partial charge in [0, 0.05) is 6.07 Å². The zero-order valence-corrected chi connectivity index (χ0v) is 10.6. The van der Waals surface area contributed by atoms with Gasteiger partial charge in [-0.05, 0) is 35.3 Å². The minimum atomic E-state index is -0.884. The first-order valence-electron chi connectivity index (χ1n) is 6.34. The van der Waals surface area contributed by atoms with Gasteiger partial charge in [0.15, 0.2) is 5.82 Å². The van der Waals surface area contributed by atoms with E-state index in [0.717, 1.165) is 12.8 Å². The first-order chi connectivity index (χ1) is 9.65. The Hall–Kier alpha value is -2.51. The van der Waals surface area contributed by atoms with Crippen molar-refractivity contribution in [2.24, 2.45) is 5.92 Å². The van der Waals surface area contributed by atoms with E-state index in [1.54, 1.807) is 12.1 Å². The molecule has 1 aliphatic rings. The largest absolute Gasteiger partial charge is 0.481 e. The molecular formula is C12H13N5O3. The Morgan fingerprint density at radius 3 is 2.95 bits per heavy atom. The van der Waals surface area contributed by atoms with Crippen LogP contribution in [0.2, 0.25) is 0 Å². The van der Waals surface area contributed by atoms with Crippen LogP contribution < -0.4 is 5.56 Å². The number of hydrogen-bond donors (Lipinski definition) is 2. The van der Waals surface area contributed by atoms with E-state index in [9.17, 15) is 9.59 Å². The molecular weight excluding hydrogens is 262 g/mol. The van der Waals surface area contributed by atoms with Gasteiger partial charge in [-0.1, -0.05) is 6.07 Å². The van der Waals surface area contributed by atoms with Gasteiger partial charge < -0.3 is 10.1 Å². The highest BCUT2D eigenvalue weighted by Gasteiger charge is 2.36. The zero-order valence-electron chi connectivity index (χ0n) is 10.6. The number of carboxylic acids is 1. The first-order valence-corrected chi connectivity index (χ1v) is 6.34. The predicted octanol–water partition coefficient (Wildman–Crippen LogP) is 0.454. The third kappa shape index (κ3) is 2.44. The number of nitrogens with zero attached hydrogens (tertiary/aromatic N) is 4. The van der Waals surface area contributed by atoms with Gasteiger partial charge in [0.2, 0.25) is 5.56 Å². The second kappa shape index (κ2) is 4.87. The summed E-state index contributed by atoms with van der Waals surface area (Å²) in [4.78, 5) is 25.0. The van der Waals surface area contributed by atoms with Crippen molar-refractivity contribution in [1.29, 1.82) is 0 Å². The highest BCUT2D eigenvalue weighted by Crippen LogP contribution is 2.42. The fraction of sp³-hybridized carbons (Fsp3) is 0.417. The molecule has 2 aromatic rings. The Kier molecular flexibility index (Phi) is 3.05. The van der Waals surface area contributed by atoms with E-state index >= 15 is 0 Å². The number of H-pyrrole nitrogens is 1. The van der Waals surface area contributed by atoms with Crippen LogP contribution in [0.5, 0.6) is 0 Å². The number of carbonyl (C=O) groups is 1. The smallest absolute Gasteiger partial charge is 0.305 e. The Morgan fingerprint density at radius 2 is 2.30 bits per heavy atom. The average molecular weight is 275 g/mol. The van der Waals surface area contributed by atoms with E-state index in [2.05, 4.69) is 20.5 Å². The molecule has 1 fully saturated rings. The molecule has 8 nitrogen and oxygen atoms in total. The van der Waals surface area contributed by atoms with Gasteiger partial charge in [-0.2, -0.15) is 0 Å². The summed E-state index contributed by atoms with van der Waals surface area (Å²) in [6.07, 6.45) is 1.92. The summed E-state index contributed by atoms with van der Waals surface area (Å²) in [5.41, 5.74) is 0.233. The first kappa shape index (κ1) is 12.5. The van der Waals surface area contributed by atoms with E-state index in [0.29, 0.717) is 11.5 Å². The van der Waals surface area contributed by atoms with E-state index in [1.165, 1.54) is 10.7 Å². The molecule has 2 aromatic heterocycles. The molecule has 0 aliphatic heterocycles. The lowest BCUT2D eigenvalue weighted by Crippen LogP contribution is -2.19. The summed E-state index contributed by atoms with van der Waals surface area (Å²) < 4.78 is 1.51. The molecule has 1 atom stereocenters. The van der Waals surface area contributed by atoms with Gasteiger partial charge in [0.1, 0.15) is 0 Å². The molecule has 8 heteroatoms. The number of pyridine rings is 1. The van der Waals surface area contributed by atoms with Crippen LogP contribution in [0.4, 0.5) is 0 Å². The fourth-order valence-electron chi connectivity index (χ4n) is 2.29. The maximum Gasteiger partial charge on any atom is 0.305 e. The second-order valence-corrected chi connectivity index (χ2v) is 4.88. The molecule has 0 amide bonds. The lowest BCUT2D eigenvalue weighted by atomic mass is 10.1. The molecule has 1 unspecified atom stereocenters. The van der Waals surface area contributed by atoms with Gasteiger partial charge in [-0.15, -0.1) is 5.10 Å². The van der Waals surface area contributed by atoms with E-state index < -0.39 is 5.97 Å².